The lowest BCUT2D eigenvalue weighted by molar-refractivity contribution is 0.281. The quantitative estimate of drug-likeness (QED) is 0.419. The summed E-state index contributed by atoms with van der Waals surface area (Å²) in [5.41, 5.74) is 2.51. The molecule has 0 aliphatic carbocycles. The Morgan fingerprint density at radius 3 is 2.86 bits per heavy atom. The predicted molar refractivity (Wildman–Crippen MR) is 121 cm³/mol. The molecule has 0 fully saturated rings. The molecule has 0 bridgehead atoms. The first kappa shape index (κ1) is 21.1. The van der Waals surface area contributed by atoms with E-state index in [0.717, 1.165) is 59.2 Å². The zero-order valence-electron chi connectivity index (χ0n) is 16.6. The van der Waals surface area contributed by atoms with Crippen molar-refractivity contribution >= 4 is 39.0 Å². The summed E-state index contributed by atoms with van der Waals surface area (Å²) in [4.78, 5) is 7.15. The van der Waals surface area contributed by atoms with E-state index in [9.17, 15) is 0 Å². The summed E-state index contributed by atoms with van der Waals surface area (Å²) in [6.07, 6.45) is 4.04. The first-order valence-electron chi connectivity index (χ1n) is 9.71. The van der Waals surface area contributed by atoms with Crippen LogP contribution >= 0.6 is 27.5 Å². The van der Waals surface area contributed by atoms with Gasteiger partial charge in [-0.05, 0) is 47.9 Å². The lowest BCUT2D eigenvalue weighted by Gasteiger charge is -2.20. The van der Waals surface area contributed by atoms with Crippen molar-refractivity contribution in [3.63, 3.8) is 0 Å². The summed E-state index contributed by atoms with van der Waals surface area (Å²) in [5, 5.41) is 8.65. The Hall–Kier alpha value is -1.63. The standard InChI is InChI=1S/C21H27BrClN5/c1-4-15(2)14-27(3)11-7-10-24-20-12-19(16-8-5-6-9-18(16)23)26-21-17(22)13-25-28(20)21/h5-6,8-9,12-13,15,24H,4,7,10-11,14H2,1-3H3. The number of hydrogen-bond acceptors (Lipinski definition) is 4. The number of aromatic nitrogens is 3. The van der Waals surface area contributed by atoms with E-state index in [2.05, 4.69) is 52.1 Å². The predicted octanol–water partition coefficient (Wildman–Crippen LogP) is 5.59. The Labute approximate surface area is 180 Å². The van der Waals surface area contributed by atoms with Crippen molar-refractivity contribution in [3.05, 3.63) is 46.0 Å². The second kappa shape index (κ2) is 9.72. The molecule has 0 spiro atoms. The molecule has 7 heteroatoms. The number of hydrogen-bond donors (Lipinski definition) is 1. The maximum atomic E-state index is 6.39. The highest BCUT2D eigenvalue weighted by Crippen LogP contribution is 2.30. The fourth-order valence-corrected chi connectivity index (χ4v) is 3.77. The second-order valence-corrected chi connectivity index (χ2v) is 8.55. The largest absolute Gasteiger partial charge is 0.370 e. The summed E-state index contributed by atoms with van der Waals surface area (Å²) in [6, 6.07) is 9.77. The van der Waals surface area contributed by atoms with Crippen molar-refractivity contribution in [1.29, 1.82) is 0 Å². The number of anilines is 1. The van der Waals surface area contributed by atoms with Crippen molar-refractivity contribution in [2.24, 2.45) is 5.92 Å². The van der Waals surface area contributed by atoms with Crippen molar-refractivity contribution in [2.75, 3.05) is 32.0 Å². The van der Waals surface area contributed by atoms with E-state index >= 15 is 0 Å². The van der Waals surface area contributed by atoms with Gasteiger partial charge >= 0.3 is 0 Å². The van der Waals surface area contributed by atoms with Crippen LogP contribution in [-0.4, -0.2) is 46.2 Å². The van der Waals surface area contributed by atoms with E-state index < -0.39 is 0 Å². The van der Waals surface area contributed by atoms with Gasteiger partial charge in [0.15, 0.2) is 5.65 Å². The molecule has 0 aliphatic rings. The summed E-state index contributed by atoms with van der Waals surface area (Å²) in [7, 11) is 2.19. The number of rotatable bonds is 9. The number of halogens is 2. The van der Waals surface area contributed by atoms with Crippen molar-refractivity contribution in [2.45, 2.75) is 26.7 Å². The van der Waals surface area contributed by atoms with E-state index in [4.69, 9.17) is 16.6 Å². The number of nitrogens with zero attached hydrogens (tertiary/aromatic N) is 4. The van der Waals surface area contributed by atoms with Crippen LogP contribution in [0.15, 0.2) is 41.0 Å². The van der Waals surface area contributed by atoms with Gasteiger partial charge < -0.3 is 10.2 Å². The normalized spacial score (nSPS) is 12.6. The molecule has 28 heavy (non-hydrogen) atoms. The maximum absolute atomic E-state index is 6.39. The van der Waals surface area contributed by atoms with Crippen molar-refractivity contribution in [3.8, 4) is 11.3 Å². The molecule has 0 saturated carbocycles. The molecule has 1 N–H and O–H groups in total. The van der Waals surface area contributed by atoms with Crippen LogP contribution in [0.3, 0.4) is 0 Å². The van der Waals surface area contributed by atoms with E-state index in [1.54, 1.807) is 6.20 Å². The van der Waals surface area contributed by atoms with Gasteiger partial charge in [0.25, 0.3) is 0 Å². The maximum Gasteiger partial charge on any atom is 0.172 e. The van der Waals surface area contributed by atoms with Gasteiger partial charge in [0.2, 0.25) is 0 Å². The first-order chi connectivity index (χ1) is 13.5. The summed E-state index contributed by atoms with van der Waals surface area (Å²) >= 11 is 9.93. The van der Waals surface area contributed by atoms with Crippen molar-refractivity contribution < 1.29 is 0 Å². The first-order valence-corrected chi connectivity index (χ1v) is 10.9. The van der Waals surface area contributed by atoms with Gasteiger partial charge in [0.1, 0.15) is 5.82 Å². The number of fused-ring (bicyclic) bond motifs is 1. The van der Waals surface area contributed by atoms with Crippen LogP contribution in [0, 0.1) is 5.92 Å². The number of benzene rings is 1. The molecule has 0 amide bonds. The minimum atomic E-state index is 0.688. The van der Waals surface area contributed by atoms with Gasteiger partial charge in [0, 0.05) is 29.7 Å². The Morgan fingerprint density at radius 2 is 2.11 bits per heavy atom. The minimum Gasteiger partial charge on any atom is -0.370 e. The monoisotopic (exact) mass is 463 g/mol. The summed E-state index contributed by atoms with van der Waals surface area (Å²) < 4.78 is 2.69. The molecule has 1 unspecified atom stereocenters. The van der Waals surface area contributed by atoms with Crippen LogP contribution in [0.5, 0.6) is 0 Å². The lowest BCUT2D eigenvalue weighted by atomic mass is 10.1. The molecule has 150 valence electrons. The SMILES string of the molecule is CCC(C)CN(C)CCCNc1cc(-c2ccccc2Cl)nc2c(Br)cnn12. The van der Waals surface area contributed by atoms with Crippen LogP contribution in [0.4, 0.5) is 5.82 Å². The van der Waals surface area contributed by atoms with Gasteiger partial charge in [-0.2, -0.15) is 9.61 Å². The van der Waals surface area contributed by atoms with Gasteiger partial charge in [-0.15, -0.1) is 0 Å². The zero-order valence-corrected chi connectivity index (χ0v) is 19.0. The molecular weight excluding hydrogens is 438 g/mol. The second-order valence-electron chi connectivity index (χ2n) is 7.29. The van der Waals surface area contributed by atoms with Crippen LogP contribution in [-0.2, 0) is 0 Å². The van der Waals surface area contributed by atoms with Gasteiger partial charge in [-0.25, -0.2) is 4.98 Å². The van der Waals surface area contributed by atoms with Gasteiger partial charge in [-0.1, -0.05) is 50.1 Å². The number of nitrogens with one attached hydrogen (secondary N) is 1. The molecule has 1 aromatic carbocycles. The molecule has 3 rings (SSSR count). The Kier molecular flexibility index (Phi) is 7.32. The fourth-order valence-electron chi connectivity index (χ4n) is 3.19. The Bertz CT molecular complexity index is 926. The van der Waals surface area contributed by atoms with E-state index in [1.807, 2.05) is 34.8 Å². The topological polar surface area (TPSA) is 45.5 Å². The van der Waals surface area contributed by atoms with Crippen LogP contribution in [0.25, 0.3) is 16.9 Å². The third-order valence-electron chi connectivity index (χ3n) is 4.92. The smallest absolute Gasteiger partial charge is 0.172 e. The Morgan fingerprint density at radius 1 is 1.32 bits per heavy atom. The van der Waals surface area contributed by atoms with Crippen LogP contribution < -0.4 is 5.32 Å². The molecule has 0 aliphatic heterocycles. The fraction of sp³-hybridized carbons (Fsp3) is 0.429. The van der Waals surface area contributed by atoms with E-state index in [-0.39, 0.29) is 0 Å². The van der Waals surface area contributed by atoms with E-state index in [0.29, 0.717) is 5.02 Å². The highest BCUT2D eigenvalue weighted by Gasteiger charge is 2.13. The lowest BCUT2D eigenvalue weighted by Crippen LogP contribution is -2.26. The minimum absolute atomic E-state index is 0.688. The van der Waals surface area contributed by atoms with Crippen LogP contribution in [0.2, 0.25) is 5.02 Å². The Balaban J connectivity index is 1.75. The average Bonchev–Trinajstić information content (AvgIpc) is 3.06. The summed E-state index contributed by atoms with van der Waals surface area (Å²) in [5.74, 6) is 1.65. The molecule has 2 heterocycles. The van der Waals surface area contributed by atoms with Crippen molar-refractivity contribution in [1.82, 2.24) is 19.5 Å². The molecule has 5 nitrogen and oxygen atoms in total. The highest BCUT2D eigenvalue weighted by molar-refractivity contribution is 9.10. The van der Waals surface area contributed by atoms with Crippen LogP contribution in [0.1, 0.15) is 26.7 Å². The molecule has 2 aromatic heterocycles. The molecule has 0 saturated heterocycles. The molecule has 0 radical (unpaired) electrons. The van der Waals surface area contributed by atoms with Gasteiger partial charge in [-0.3, -0.25) is 0 Å². The average molecular weight is 465 g/mol. The molecular formula is C21H27BrClN5. The van der Waals surface area contributed by atoms with E-state index in [1.165, 1.54) is 6.42 Å². The summed E-state index contributed by atoms with van der Waals surface area (Å²) in [6.45, 7) is 7.61. The molecule has 3 aromatic rings. The zero-order chi connectivity index (χ0) is 20.1. The third kappa shape index (κ3) is 5.04. The highest BCUT2D eigenvalue weighted by atomic mass is 79.9. The molecule has 1 atom stereocenters. The van der Waals surface area contributed by atoms with Gasteiger partial charge in [0.05, 0.1) is 16.4 Å². The third-order valence-corrected chi connectivity index (χ3v) is 5.81.